The van der Waals surface area contributed by atoms with Crippen LogP contribution in [-0.2, 0) is 27.5 Å². The molecule has 1 heterocycles. The van der Waals surface area contributed by atoms with Crippen LogP contribution in [0.3, 0.4) is 0 Å². The Bertz CT molecular complexity index is 1060. The predicted molar refractivity (Wildman–Crippen MR) is 110 cm³/mol. The van der Waals surface area contributed by atoms with E-state index in [1.165, 1.54) is 19.1 Å². The Balaban J connectivity index is 2.13. The molecule has 13 heteroatoms. The molecule has 1 amide bonds. The minimum Gasteiger partial charge on any atom is -0.351 e. The van der Waals surface area contributed by atoms with Crippen LogP contribution in [0.4, 0.5) is 23.2 Å². The third kappa shape index (κ3) is 6.38. The van der Waals surface area contributed by atoms with Crippen molar-refractivity contribution in [1.29, 1.82) is 0 Å². The molecule has 1 atom stereocenters. The van der Waals surface area contributed by atoms with Crippen LogP contribution < -0.4 is 10.0 Å². The maximum absolute atomic E-state index is 14.1. The second kappa shape index (κ2) is 9.18. The van der Waals surface area contributed by atoms with Gasteiger partial charge in [0.15, 0.2) is 0 Å². The van der Waals surface area contributed by atoms with E-state index >= 15 is 0 Å². The fraction of sp³-hybridized carbons (Fsp3) is 0.294. The molecule has 0 saturated carbocycles. The largest absolute Gasteiger partial charge is 0.433 e. The number of nitrogens with zero attached hydrogens (tertiary/aromatic N) is 1. The van der Waals surface area contributed by atoms with E-state index in [-0.39, 0.29) is 26.9 Å². The molecule has 0 spiro atoms. The Hall–Kier alpha value is -1.73. The summed E-state index contributed by atoms with van der Waals surface area (Å²) in [5.41, 5.74) is -0.768. The summed E-state index contributed by atoms with van der Waals surface area (Å²) < 4.78 is 77.0. The van der Waals surface area contributed by atoms with Gasteiger partial charge >= 0.3 is 6.18 Å². The Labute approximate surface area is 186 Å². The lowest BCUT2D eigenvalue weighted by Gasteiger charge is -2.16. The van der Waals surface area contributed by atoms with Crippen molar-refractivity contribution >= 4 is 53.5 Å². The summed E-state index contributed by atoms with van der Waals surface area (Å²) >= 11 is 6.00. The molecule has 2 rings (SSSR count). The summed E-state index contributed by atoms with van der Waals surface area (Å²) in [6.07, 6.45) is -3.74. The summed E-state index contributed by atoms with van der Waals surface area (Å²) in [7, 11) is -3.66. The van der Waals surface area contributed by atoms with Crippen molar-refractivity contribution < 1.29 is 30.8 Å². The molecule has 0 aliphatic carbocycles. The Morgan fingerprint density at radius 1 is 1.23 bits per heavy atom. The van der Waals surface area contributed by atoms with E-state index in [1.807, 2.05) is 4.72 Å². The highest BCUT2D eigenvalue weighted by Gasteiger charge is 2.33. The number of hydrogen-bond acceptors (Lipinski definition) is 4. The van der Waals surface area contributed by atoms with Crippen LogP contribution in [0, 0.1) is 5.82 Å². The number of carbonyl (C=O) groups excluding carboxylic acids is 1. The number of benzene rings is 1. The van der Waals surface area contributed by atoms with Gasteiger partial charge in [-0.1, -0.05) is 22.0 Å². The van der Waals surface area contributed by atoms with Gasteiger partial charge in [-0.15, -0.1) is 0 Å². The van der Waals surface area contributed by atoms with Crippen LogP contribution in [0.25, 0.3) is 0 Å². The highest BCUT2D eigenvalue weighted by Crippen LogP contribution is 2.33. The minimum absolute atomic E-state index is 0.0839. The van der Waals surface area contributed by atoms with Crippen molar-refractivity contribution in [2.45, 2.75) is 25.6 Å². The molecule has 30 heavy (non-hydrogen) atoms. The van der Waals surface area contributed by atoms with Crippen LogP contribution >= 0.6 is 31.9 Å². The Morgan fingerprint density at radius 3 is 2.37 bits per heavy atom. The van der Waals surface area contributed by atoms with Crippen molar-refractivity contribution in [1.82, 2.24) is 10.3 Å². The molecular weight excluding hydrogens is 562 g/mol. The zero-order valence-corrected chi connectivity index (χ0v) is 19.4. The van der Waals surface area contributed by atoms with Gasteiger partial charge in [-0.2, -0.15) is 13.2 Å². The lowest BCUT2D eigenvalue weighted by atomic mass is 9.99. The number of aromatic nitrogens is 1. The molecule has 0 fully saturated rings. The molecule has 2 N–H and O–H groups in total. The van der Waals surface area contributed by atoms with E-state index in [9.17, 15) is 30.8 Å². The molecule has 164 valence electrons. The maximum Gasteiger partial charge on any atom is 0.433 e. The first-order valence-electron chi connectivity index (χ1n) is 8.16. The van der Waals surface area contributed by atoms with Gasteiger partial charge in [-0.3, -0.25) is 9.52 Å². The van der Waals surface area contributed by atoms with Gasteiger partial charge in [0.25, 0.3) is 0 Å². The number of nitrogens with one attached hydrogen (secondary N) is 2. The topological polar surface area (TPSA) is 88.2 Å². The number of amides is 1. The van der Waals surface area contributed by atoms with Gasteiger partial charge in [0.2, 0.25) is 15.9 Å². The maximum atomic E-state index is 14.1. The quantitative estimate of drug-likeness (QED) is 0.390. The Kier molecular flexibility index (Phi) is 7.51. The van der Waals surface area contributed by atoms with Crippen molar-refractivity contribution in [3.05, 3.63) is 56.0 Å². The first-order chi connectivity index (χ1) is 13.7. The van der Waals surface area contributed by atoms with E-state index in [0.29, 0.717) is 5.56 Å². The van der Waals surface area contributed by atoms with E-state index in [1.54, 1.807) is 0 Å². The smallest absolute Gasteiger partial charge is 0.351 e. The number of anilines is 1. The number of alkyl halides is 3. The normalized spacial score (nSPS) is 13.1. The summed E-state index contributed by atoms with van der Waals surface area (Å²) in [5, 5.41) is 2.56. The predicted octanol–water partition coefficient (Wildman–Crippen LogP) is 4.56. The van der Waals surface area contributed by atoms with E-state index < -0.39 is 39.5 Å². The zero-order valence-electron chi connectivity index (χ0n) is 15.4. The number of halogens is 6. The summed E-state index contributed by atoms with van der Waals surface area (Å²) in [6.45, 7) is 1.37. The van der Waals surface area contributed by atoms with Crippen LogP contribution in [0.5, 0.6) is 0 Å². The second-order valence-electron chi connectivity index (χ2n) is 6.31. The highest BCUT2D eigenvalue weighted by atomic mass is 79.9. The fourth-order valence-corrected chi connectivity index (χ4v) is 4.30. The first kappa shape index (κ1) is 24.5. The standard InChI is InChI=1S/C17H15Br2F4N3O3S/c1-8(9-3-4-13(12(20)5-9)26-30(2,28)29)16(27)24-7-10-11(18)6-14(17(21,22)23)25-15(10)19/h3-6,8,26H,7H2,1-2H3,(H,24,27). The van der Waals surface area contributed by atoms with Gasteiger partial charge in [0.05, 0.1) is 17.9 Å². The molecule has 0 radical (unpaired) electrons. The molecule has 6 nitrogen and oxygen atoms in total. The highest BCUT2D eigenvalue weighted by molar-refractivity contribution is 9.11. The SMILES string of the molecule is CC(C(=O)NCc1c(Br)cc(C(F)(F)F)nc1Br)c1ccc(NS(C)(=O)=O)c(F)c1. The number of pyridine rings is 1. The second-order valence-corrected chi connectivity index (χ2v) is 9.66. The molecule has 1 unspecified atom stereocenters. The first-order valence-corrected chi connectivity index (χ1v) is 11.6. The van der Waals surface area contributed by atoms with E-state index in [2.05, 4.69) is 42.2 Å². The van der Waals surface area contributed by atoms with Gasteiger partial charge in [0, 0.05) is 16.6 Å². The monoisotopic (exact) mass is 575 g/mol. The van der Waals surface area contributed by atoms with Crippen LogP contribution in [0.1, 0.15) is 29.7 Å². The number of rotatable bonds is 6. The molecule has 0 aliphatic rings. The van der Waals surface area contributed by atoms with E-state index in [4.69, 9.17) is 0 Å². The lowest BCUT2D eigenvalue weighted by Crippen LogP contribution is -2.28. The van der Waals surface area contributed by atoms with Crippen molar-refractivity contribution in [3.63, 3.8) is 0 Å². The number of sulfonamides is 1. The zero-order chi connectivity index (χ0) is 22.9. The molecule has 0 aliphatic heterocycles. The molecule has 1 aromatic heterocycles. The Morgan fingerprint density at radius 2 is 1.87 bits per heavy atom. The van der Waals surface area contributed by atoms with Crippen LogP contribution in [0.15, 0.2) is 33.3 Å². The minimum atomic E-state index is -4.62. The third-order valence-corrected chi connectivity index (χ3v) is 5.89. The lowest BCUT2D eigenvalue weighted by molar-refractivity contribution is -0.141. The summed E-state index contributed by atoms with van der Waals surface area (Å²) in [4.78, 5) is 15.9. The number of carbonyl (C=O) groups is 1. The van der Waals surface area contributed by atoms with Gasteiger partial charge < -0.3 is 5.32 Å². The summed E-state index contributed by atoms with van der Waals surface area (Å²) in [5.74, 6) is -2.18. The fourth-order valence-electron chi connectivity index (χ4n) is 2.38. The van der Waals surface area contributed by atoms with Gasteiger partial charge in [-0.25, -0.2) is 17.8 Å². The van der Waals surface area contributed by atoms with E-state index in [0.717, 1.165) is 18.4 Å². The molecule has 1 aromatic carbocycles. The molecule has 2 aromatic rings. The van der Waals surface area contributed by atoms with Crippen molar-refractivity contribution in [3.8, 4) is 0 Å². The molecular formula is C17H15Br2F4N3O3S. The van der Waals surface area contributed by atoms with Crippen molar-refractivity contribution in [2.75, 3.05) is 11.0 Å². The average Bonchev–Trinajstić information content (AvgIpc) is 2.59. The molecule has 0 saturated heterocycles. The van der Waals surface area contributed by atoms with Crippen LogP contribution in [0.2, 0.25) is 0 Å². The summed E-state index contributed by atoms with van der Waals surface area (Å²) in [6, 6.07) is 4.43. The van der Waals surface area contributed by atoms with Crippen molar-refractivity contribution in [2.24, 2.45) is 0 Å². The van der Waals surface area contributed by atoms with Gasteiger partial charge in [-0.05, 0) is 46.6 Å². The molecule has 0 bridgehead atoms. The number of hydrogen-bond donors (Lipinski definition) is 2. The van der Waals surface area contributed by atoms with Gasteiger partial charge in [0.1, 0.15) is 16.1 Å². The van der Waals surface area contributed by atoms with Crippen LogP contribution in [-0.4, -0.2) is 25.6 Å². The average molecular weight is 577 g/mol. The third-order valence-electron chi connectivity index (χ3n) is 3.93.